The maximum absolute atomic E-state index is 11.7. The maximum atomic E-state index is 11.7. The zero-order chi connectivity index (χ0) is 14.7. The second kappa shape index (κ2) is 5.87. The monoisotopic (exact) mass is 295 g/mol. The molecule has 0 aliphatic rings. The molecular weight excluding hydrogens is 282 g/mol. The Balaban J connectivity index is 2.41. The van der Waals surface area contributed by atoms with Gasteiger partial charge in [-0.1, -0.05) is 11.6 Å². The first-order valence-corrected chi connectivity index (χ1v) is 6.32. The van der Waals surface area contributed by atoms with Crippen molar-refractivity contribution >= 4 is 35.4 Å². The summed E-state index contributed by atoms with van der Waals surface area (Å²) in [5, 5.41) is 4.38. The third kappa shape index (κ3) is 3.05. The van der Waals surface area contributed by atoms with Crippen molar-refractivity contribution in [3.05, 3.63) is 23.0 Å². The van der Waals surface area contributed by atoms with E-state index in [-0.39, 0.29) is 11.1 Å². The van der Waals surface area contributed by atoms with Gasteiger partial charge in [-0.15, -0.1) is 5.10 Å². The average molecular weight is 296 g/mol. The number of carbonyl (C=O) groups excluding carboxylic acids is 1. The van der Waals surface area contributed by atoms with Gasteiger partial charge in [-0.2, -0.15) is 4.98 Å². The summed E-state index contributed by atoms with van der Waals surface area (Å²) in [5.74, 6) is -0.213. The molecule has 2 rings (SSSR count). The van der Waals surface area contributed by atoms with Crippen molar-refractivity contribution in [1.82, 2.24) is 19.5 Å². The number of halogens is 1. The minimum absolute atomic E-state index is 0.210. The van der Waals surface area contributed by atoms with Gasteiger partial charge in [-0.3, -0.25) is 0 Å². The molecule has 2 aromatic rings. The molecule has 0 aliphatic carbocycles. The van der Waals surface area contributed by atoms with Gasteiger partial charge in [0.05, 0.1) is 18.5 Å². The van der Waals surface area contributed by atoms with Crippen LogP contribution in [0.15, 0.2) is 17.3 Å². The van der Waals surface area contributed by atoms with Crippen LogP contribution in [0, 0.1) is 0 Å². The molecule has 0 bridgehead atoms. The maximum Gasteiger partial charge on any atom is 0.339 e. The second-order valence-electron chi connectivity index (χ2n) is 4.19. The van der Waals surface area contributed by atoms with E-state index in [1.165, 1.54) is 10.7 Å². The van der Waals surface area contributed by atoms with Gasteiger partial charge < -0.3 is 9.64 Å². The summed E-state index contributed by atoms with van der Waals surface area (Å²) in [5.41, 5.74) is 0.898. The number of hydrogen-bond donors (Lipinski definition) is 0. The van der Waals surface area contributed by atoms with Crippen molar-refractivity contribution < 1.29 is 9.53 Å². The summed E-state index contributed by atoms with van der Waals surface area (Å²) in [7, 11) is 3.66. The molecule has 0 radical (unpaired) electrons. The van der Waals surface area contributed by atoms with Crippen LogP contribution in [0.25, 0.3) is 5.52 Å². The van der Waals surface area contributed by atoms with Crippen LogP contribution < -0.4 is 0 Å². The highest BCUT2D eigenvalue weighted by atomic mass is 35.5. The standard InChI is InChI=1S/C12H14ClN5O2/c1-4-20-11(19)8-5-9-10(13)15-12(14-7-17(2)3)16-18(9)6-8/h5-7H,4H2,1-3H3/b14-7+. The van der Waals surface area contributed by atoms with E-state index in [4.69, 9.17) is 16.3 Å². The van der Waals surface area contributed by atoms with Crippen molar-refractivity contribution in [2.45, 2.75) is 6.92 Å². The molecule has 0 saturated heterocycles. The molecule has 0 spiro atoms. The first kappa shape index (κ1) is 14.3. The first-order valence-electron chi connectivity index (χ1n) is 5.95. The minimum Gasteiger partial charge on any atom is -0.462 e. The Morgan fingerprint density at radius 1 is 1.60 bits per heavy atom. The molecule has 106 valence electrons. The van der Waals surface area contributed by atoms with Crippen LogP contribution in [-0.2, 0) is 4.74 Å². The Kier molecular flexibility index (Phi) is 4.19. The number of fused-ring (bicyclic) bond motifs is 1. The SMILES string of the molecule is CCOC(=O)c1cc2c(Cl)nc(/N=C/N(C)C)nn2c1. The van der Waals surface area contributed by atoms with Gasteiger partial charge >= 0.3 is 5.97 Å². The van der Waals surface area contributed by atoms with Crippen LogP contribution in [0.1, 0.15) is 17.3 Å². The summed E-state index contributed by atoms with van der Waals surface area (Å²) in [6.45, 7) is 2.05. The van der Waals surface area contributed by atoms with Gasteiger partial charge in [0.15, 0.2) is 5.15 Å². The summed E-state index contributed by atoms with van der Waals surface area (Å²) >= 11 is 6.06. The molecule has 0 N–H and O–H groups in total. The smallest absolute Gasteiger partial charge is 0.339 e. The van der Waals surface area contributed by atoms with Crippen LogP contribution in [0.5, 0.6) is 0 Å². The zero-order valence-electron chi connectivity index (χ0n) is 11.4. The van der Waals surface area contributed by atoms with Gasteiger partial charge in [0.2, 0.25) is 0 Å². The fourth-order valence-electron chi connectivity index (χ4n) is 1.50. The Morgan fingerprint density at radius 3 is 3.00 bits per heavy atom. The van der Waals surface area contributed by atoms with E-state index in [9.17, 15) is 4.79 Å². The molecule has 2 heterocycles. The quantitative estimate of drug-likeness (QED) is 0.488. The minimum atomic E-state index is -0.424. The third-order valence-corrected chi connectivity index (χ3v) is 2.60. The molecule has 0 aromatic carbocycles. The predicted octanol–water partition coefficient (Wildman–Crippen LogP) is 1.78. The number of ether oxygens (including phenoxy) is 1. The van der Waals surface area contributed by atoms with Gasteiger partial charge in [0.1, 0.15) is 5.52 Å². The Hall–Kier alpha value is -2.15. The van der Waals surface area contributed by atoms with Gasteiger partial charge in [0.25, 0.3) is 5.95 Å². The number of carbonyl (C=O) groups is 1. The lowest BCUT2D eigenvalue weighted by Crippen LogP contribution is -2.07. The molecule has 0 atom stereocenters. The molecule has 0 amide bonds. The van der Waals surface area contributed by atoms with E-state index in [0.717, 1.165) is 0 Å². The van der Waals surface area contributed by atoms with E-state index < -0.39 is 5.97 Å². The number of nitrogens with zero attached hydrogens (tertiary/aromatic N) is 5. The van der Waals surface area contributed by atoms with E-state index in [2.05, 4.69) is 15.1 Å². The largest absolute Gasteiger partial charge is 0.462 e. The topological polar surface area (TPSA) is 72.1 Å². The lowest BCUT2D eigenvalue weighted by Gasteiger charge is -2.02. The predicted molar refractivity (Wildman–Crippen MR) is 75.8 cm³/mol. The summed E-state index contributed by atoms with van der Waals surface area (Å²) < 4.78 is 6.39. The molecule has 0 aliphatic heterocycles. The van der Waals surface area contributed by atoms with Gasteiger partial charge in [0, 0.05) is 20.3 Å². The highest BCUT2D eigenvalue weighted by Crippen LogP contribution is 2.20. The lowest BCUT2D eigenvalue weighted by atomic mass is 10.3. The number of esters is 1. The lowest BCUT2D eigenvalue weighted by molar-refractivity contribution is 0.0526. The number of hydrogen-bond acceptors (Lipinski definition) is 5. The van der Waals surface area contributed by atoms with Crippen molar-refractivity contribution in [3.8, 4) is 0 Å². The zero-order valence-corrected chi connectivity index (χ0v) is 12.1. The van der Waals surface area contributed by atoms with Gasteiger partial charge in [-0.25, -0.2) is 14.3 Å². The number of aliphatic imine (C=N–C) groups is 1. The Bertz CT molecular complexity index is 665. The van der Waals surface area contributed by atoms with E-state index in [1.807, 2.05) is 14.1 Å². The third-order valence-electron chi connectivity index (χ3n) is 2.32. The number of rotatable bonds is 4. The molecule has 7 nitrogen and oxygen atoms in total. The summed E-state index contributed by atoms with van der Waals surface area (Å²) in [4.78, 5) is 21.5. The fraction of sp³-hybridized carbons (Fsp3) is 0.333. The van der Waals surface area contributed by atoms with E-state index >= 15 is 0 Å². The molecule has 2 aromatic heterocycles. The highest BCUT2D eigenvalue weighted by Gasteiger charge is 2.13. The number of aromatic nitrogens is 3. The van der Waals surface area contributed by atoms with Crippen LogP contribution in [0.4, 0.5) is 5.95 Å². The Morgan fingerprint density at radius 2 is 2.35 bits per heavy atom. The van der Waals surface area contributed by atoms with E-state index in [1.54, 1.807) is 24.2 Å². The van der Waals surface area contributed by atoms with Crippen LogP contribution in [0.3, 0.4) is 0 Å². The molecule has 0 unspecified atom stereocenters. The summed E-state index contributed by atoms with van der Waals surface area (Å²) in [6.07, 6.45) is 3.10. The summed E-state index contributed by atoms with van der Waals surface area (Å²) in [6, 6.07) is 1.58. The fourth-order valence-corrected chi connectivity index (χ4v) is 1.72. The van der Waals surface area contributed by atoms with Crippen LogP contribution in [-0.4, -0.2) is 52.5 Å². The van der Waals surface area contributed by atoms with Crippen molar-refractivity contribution in [3.63, 3.8) is 0 Å². The average Bonchev–Trinajstić information content (AvgIpc) is 2.81. The molecule has 8 heteroatoms. The van der Waals surface area contributed by atoms with Crippen molar-refractivity contribution in [2.24, 2.45) is 4.99 Å². The van der Waals surface area contributed by atoms with Crippen molar-refractivity contribution in [2.75, 3.05) is 20.7 Å². The van der Waals surface area contributed by atoms with Crippen LogP contribution >= 0.6 is 11.6 Å². The van der Waals surface area contributed by atoms with Crippen LogP contribution in [0.2, 0.25) is 5.15 Å². The molecular formula is C12H14ClN5O2. The molecule has 0 saturated carbocycles. The van der Waals surface area contributed by atoms with E-state index in [0.29, 0.717) is 17.7 Å². The highest BCUT2D eigenvalue weighted by molar-refractivity contribution is 6.32. The first-order chi connectivity index (χ1) is 9.51. The molecule has 20 heavy (non-hydrogen) atoms. The molecule has 0 fully saturated rings. The Labute approximate surface area is 120 Å². The second-order valence-corrected chi connectivity index (χ2v) is 4.55. The van der Waals surface area contributed by atoms with Crippen molar-refractivity contribution in [1.29, 1.82) is 0 Å². The normalized spacial score (nSPS) is 11.2. The van der Waals surface area contributed by atoms with Gasteiger partial charge in [-0.05, 0) is 13.0 Å².